The molecule has 0 bridgehead atoms. The quantitative estimate of drug-likeness (QED) is 0.468. The van der Waals surface area contributed by atoms with Gasteiger partial charge in [0.05, 0.1) is 12.5 Å². The average molecular weight is 342 g/mol. The summed E-state index contributed by atoms with van der Waals surface area (Å²) >= 11 is 0. The minimum absolute atomic E-state index is 0.559. The second-order valence-corrected chi connectivity index (χ2v) is 5.95. The molecule has 0 radical (unpaired) electrons. The number of hydrogen-bond donors (Lipinski definition) is 0. The third-order valence-electron chi connectivity index (χ3n) is 3.92. The molecule has 130 valence electrons. The van der Waals surface area contributed by atoms with Gasteiger partial charge in [0, 0.05) is 0 Å². The molecule has 26 heavy (non-hydrogen) atoms. The van der Waals surface area contributed by atoms with Crippen LogP contribution in [0.25, 0.3) is 11.6 Å². The van der Waals surface area contributed by atoms with Gasteiger partial charge in [-0.05, 0) is 47.4 Å². The molecule has 0 N–H and O–H groups in total. The highest BCUT2D eigenvalue weighted by molar-refractivity contribution is 5.62. The van der Waals surface area contributed by atoms with Crippen LogP contribution in [0.2, 0.25) is 0 Å². The summed E-state index contributed by atoms with van der Waals surface area (Å²) in [4.78, 5) is 0. The lowest BCUT2D eigenvalue weighted by Crippen LogP contribution is -1.94. The molecule has 0 atom stereocenters. The molecule has 0 aliphatic heterocycles. The molecule has 0 heterocycles. The summed E-state index contributed by atoms with van der Waals surface area (Å²) in [6, 6.07) is 28.3. The summed E-state index contributed by atoms with van der Waals surface area (Å²) in [5.41, 5.74) is 4.41. The van der Waals surface area contributed by atoms with Gasteiger partial charge in [-0.3, -0.25) is 0 Å². The van der Waals surface area contributed by atoms with Crippen molar-refractivity contribution in [3.8, 4) is 5.75 Å². The zero-order valence-corrected chi connectivity index (χ0v) is 14.8. The van der Waals surface area contributed by atoms with Crippen molar-refractivity contribution in [2.45, 2.75) is 13.5 Å². The van der Waals surface area contributed by atoms with Crippen molar-refractivity contribution in [1.29, 1.82) is 0 Å². The first-order chi connectivity index (χ1) is 12.8. The largest absolute Gasteiger partial charge is 0.489 e. The minimum atomic E-state index is 0.559. The molecule has 3 rings (SSSR count). The van der Waals surface area contributed by atoms with E-state index in [0.29, 0.717) is 6.61 Å². The normalized spacial score (nSPS) is 11.5. The van der Waals surface area contributed by atoms with Gasteiger partial charge < -0.3 is 9.47 Å². The highest BCUT2D eigenvalue weighted by Gasteiger charge is 1.97. The Morgan fingerprint density at radius 3 is 2.35 bits per heavy atom. The molecule has 0 aliphatic carbocycles. The van der Waals surface area contributed by atoms with Crippen molar-refractivity contribution in [3.63, 3.8) is 0 Å². The van der Waals surface area contributed by atoms with Gasteiger partial charge in [-0.15, -0.1) is 0 Å². The van der Waals surface area contributed by atoms with E-state index in [4.69, 9.17) is 9.47 Å². The van der Waals surface area contributed by atoms with Crippen LogP contribution in [0.3, 0.4) is 0 Å². The Balaban J connectivity index is 1.55. The van der Waals surface area contributed by atoms with Gasteiger partial charge in [-0.2, -0.15) is 0 Å². The molecule has 2 nitrogen and oxygen atoms in total. The van der Waals surface area contributed by atoms with Gasteiger partial charge in [0.2, 0.25) is 0 Å². The molecule has 0 saturated carbocycles. The van der Waals surface area contributed by atoms with Crippen molar-refractivity contribution in [2.75, 3.05) is 0 Å². The highest BCUT2D eigenvalue weighted by Crippen LogP contribution is 2.17. The van der Waals surface area contributed by atoms with E-state index in [1.165, 1.54) is 0 Å². The van der Waals surface area contributed by atoms with Gasteiger partial charge >= 0.3 is 0 Å². The molecular formula is C24H22O2. The van der Waals surface area contributed by atoms with Crippen LogP contribution in [0.5, 0.6) is 5.75 Å². The number of benzene rings is 3. The van der Waals surface area contributed by atoms with Crippen LogP contribution in [0, 0.1) is 0 Å². The van der Waals surface area contributed by atoms with Crippen LogP contribution in [-0.4, -0.2) is 0 Å². The Kier molecular flexibility index (Phi) is 6.27. The molecule has 0 fully saturated rings. The van der Waals surface area contributed by atoms with E-state index >= 15 is 0 Å². The van der Waals surface area contributed by atoms with Gasteiger partial charge in [0.25, 0.3) is 0 Å². The average Bonchev–Trinajstić information content (AvgIpc) is 2.71. The standard InChI is InChI=1S/C24H22O2/c1-20(23-12-6-3-7-13-23)18-25-16-15-21-11-8-14-24(17-21)26-19-22-9-4-2-5-10-22/h2-18H,19H2,1H3/b16-15+,20-18+. The molecule has 0 unspecified atom stereocenters. The van der Waals surface area contributed by atoms with E-state index < -0.39 is 0 Å². The number of hydrogen-bond acceptors (Lipinski definition) is 2. The Bertz CT molecular complexity index is 865. The first-order valence-electron chi connectivity index (χ1n) is 8.62. The Labute approximate surface area is 155 Å². The monoisotopic (exact) mass is 342 g/mol. The second kappa shape index (κ2) is 9.28. The van der Waals surface area contributed by atoms with Crippen molar-refractivity contribution in [1.82, 2.24) is 0 Å². The zero-order chi connectivity index (χ0) is 18.0. The molecule has 0 amide bonds. The third kappa shape index (κ3) is 5.38. The first-order valence-corrected chi connectivity index (χ1v) is 8.62. The summed E-state index contributed by atoms with van der Waals surface area (Å²) in [6.07, 6.45) is 5.36. The lowest BCUT2D eigenvalue weighted by molar-refractivity contribution is 0.306. The summed E-state index contributed by atoms with van der Waals surface area (Å²) in [5, 5.41) is 0. The minimum Gasteiger partial charge on any atom is -0.489 e. The van der Waals surface area contributed by atoms with E-state index in [0.717, 1.165) is 28.0 Å². The van der Waals surface area contributed by atoms with E-state index in [2.05, 4.69) is 24.3 Å². The Hall–Kier alpha value is -3.26. The third-order valence-corrected chi connectivity index (χ3v) is 3.92. The maximum absolute atomic E-state index is 5.85. The maximum atomic E-state index is 5.85. The van der Waals surface area contributed by atoms with Crippen molar-refractivity contribution >= 4 is 11.6 Å². The van der Waals surface area contributed by atoms with E-state index in [-0.39, 0.29) is 0 Å². The van der Waals surface area contributed by atoms with Crippen molar-refractivity contribution < 1.29 is 9.47 Å². The fourth-order valence-electron chi connectivity index (χ4n) is 2.48. The topological polar surface area (TPSA) is 18.5 Å². The van der Waals surface area contributed by atoms with Gasteiger partial charge in [-0.25, -0.2) is 0 Å². The van der Waals surface area contributed by atoms with E-state index in [1.807, 2.05) is 73.7 Å². The molecule has 3 aromatic carbocycles. The van der Waals surface area contributed by atoms with Crippen molar-refractivity contribution in [2.24, 2.45) is 0 Å². The predicted molar refractivity (Wildman–Crippen MR) is 107 cm³/mol. The molecular weight excluding hydrogens is 320 g/mol. The molecule has 3 aromatic rings. The fourth-order valence-corrected chi connectivity index (χ4v) is 2.48. The van der Waals surface area contributed by atoms with Crippen LogP contribution in [0.1, 0.15) is 23.6 Å². The fraction of sp³-hybridized carbons (Fsp3) is 0.0833. The molecule has 0 aliphatic rings. The number of ether oxygens (including phenoxy) is 2. The Morgan fingerprint density at radius 1 is 0.846 bits per heavy atom. The summed E-state index contributed by atoms with van der Waals surface area (Å²) in [7, 11) is 0. The predicted octanol–water partition coefficient (Wildman–Crippen LogP) is 6.31. The highest BCUT2D eigenvalue weighted by atomic mass is 16.5. The first kappa shape index (κ1) is 17.6. The van der Waals surface area contributed by atoms with Crippen LogP contribution in [0.4, 0.5) is 0 Å². The van der Waals surface area contributed by atoms with Crippen LogP contribution in [-0.2, 0) is 11.3 Å². The Morgan fingerprint density at radius 2 is 1.58 bits per heavy atom. The summed E-state index contributed by atoms with van der Waals surface area (Å²) in [6.45, 7) is 2.59. The van der Waals surface area contributed by atoms with Crippen LogP contribution < -0.4 is 4.74 Å². The lowest BCUT2D eigenvalue weighted by atomic mass is 10.1. The molecule has 0 aromatic heterocycles. The zero-order valence-electron chi connectivity index (χ0n) is 14.8. The summed E-state index contributed by atoms with van der Waals surface area (Å²) < 4.78 is 11.4. The van der Waals surface area contributed by atoms with Crippen molar-refractivity contribution in [3.05, 3.63) is 114 Å². The number of rotatable bonds is 7. The SMILES string of the molecule is C/C(=C\O/C=C/c1cccc(OCc2ccccc2)c1)c1ccccc1. The second-order valence-electron chi connectivity index (χ2n) is 5.95. The molecule has 0 saturated heterocycles. The van der Waals surface area contributed by atoms with E-state index in [9.17, 15) is 0 Å². The van der Waals surface area contributed by atoms with Gasteiger partial charge in [0.15, 0.2) is 0 Å². The summed E-state index contributed by atoms with van der Waals surface area (Å²) in [5.74, 6) is 0.840. The molecule has 2 heteroatoms. The van der Waals surface area contributed by atoms with Gasteiger partial charge in [0.1, 0.15) is 12.4 Å². The van der Waals surface area contributed by atoms with Crippen LogP contribution in [0.15, 0.2) is 97.5 Å². The van der Waals surface area contributed by atoms with Gasteiger partial charge in [-0.1, -0.05) is 72.8 Å². The smallest absolute Gasteiger partial charge is 0.120 e. The van der Waals surface area contributed by atoms with Crippen LogP contribution >= 0.6 is 0 Å². The maximum Gasteiger partial charge on any atom is 0.120 e. The molecule has 0 spiro atoms. The number of allylic oxidation sites excluding steroid dienone is 1. The lowest BCUT2D eigenvalue weighted by Gasteiger charge is -2.06. The van der Waals surface area contributed by atoms with E-state index in [1.54, 1.807) is 12.5 Å².